The molecule has 4 amide bonds. The molecule has 7 aromatic rings. The first-order valence-electron chi connectivity index (χ1n) is 21.5. The molecule has 5 aromatic carbocycles. The van der Waals surface area contributed by atoms with Gasteiger partial charge in [0.1, 0.15) is 23.7 Å². The predicted molar refractivity (Wildman–Crippen MR) is 242 cm³/mol. The molecule has 0 radical (unpaired) electrons. The molecule has 2 aromatic heterocycles. The number of likely N-dealkylation sites (tertiary alicyclic amines) is 2. The van der Waals surface area contributed by atoms with E-state index in [2.05, 4.69) is 81.3 Å². The van der Waals surface area contributed by atoms with Crippen LogP contribution in [0.25, 0.3) is 55.0 Å². The average Bonchev–Trinajstić information content (AvgIpc) is 4.18. The van der Waals surface area contributed by atoms with Crippen molar-refractivity contribution >= 4 is 56.6 Å². The fourth-order valence-corrected chi connectivity index (χ4v) is 9.19. The van der Waals surface area contributed by atoms with Gasteiger partial charge in [-0.15, -0.1) is 0 Å². The van der Waals surface area contributed by atoms with Crippen molar-refractivity contribution in [1.29, 1.82) is 0 Å². The van der Waals surface area contributed by atoms with E-state index in [0.717, 1.165) is 80.6 Å². The molecule has 4 N–H and O–H groups in total. The topological polar surface area (TPSA) is 184 Å². The summed E-state index contributed by atoms with van der Waals surface area (Å²) in [6, 6.07) is 30.1. The smallest absolute Gasteiger partial charge is 0.407 e. The van der Waals surface area contributed by atoms with E-state index in [9.17, 15) is 19.2 Å². The van der Waals surface area contributed by atoms with Gasteiger partial charge in [0.05, 0.1) is 55.3 Å². The minimum atomic E-state index is -0.906. The van der Waals surface area contributed by atoms with Crippen LogP contribution >= 0.6 is 0 Å². The number of hydrogen-bond acceptors (Lipinski definition) is 9. The summed E-state index contributed by atoms with van der Waals surface area (Å²) in [6.07, 6.45) is 2.99. The second-order valence-corrected chi connectivity index (χ2v) is 16.4. The normalized spacial score (nSPS) is 17.7. The Hall–Kier alpha value is -7.26. The van der Waals surface area contributed by atoms with Crippen LogP contribution in [0.3, 0.4) is 0 Å². The van der Waals surface area contributed by atoms with E-state index in [1.54, 1.807) is 16.7 Å². The van der Waals surface area contributed by atoms with Gasteiger partial charge in [0, 0.05) is 31.1 Å². The van der Waals surface area contributed by atoms with E-state index in [0.29, 0.717) is 30.3 Å². The largest absolute Gasteiger partial charge is 0.453 e. The number of rotatable bonds is 11. The van der Waals surface area contributed by atoms with Gasteiger partial charge in [-0.05, 0) is 89.7 Å². The fraction of sp³-hybridized carbons (Fsp3) is 0.306. The molecule has 15 nitrogen and oxygen atoms in total. The van der Waals surface area contributed by atoms with Crippen molar-refractivity contribution in [2.75, 3.05) is 34.4 Å². The van der Waals surface area contributed by atoms with Crippen molar-refractivity contribution in [1.82, 2.24) is 40.4 Å². The van der Waals surface area contributed by atoms with E-state index in [1.165, 1.54) is 21.3 Å². The fourth-order valence-electron chi connectivity index (χ4n) is 9.19. The first-order valence-corrected chi connectivity index (χ1v) is 21.5. The number of hydrogen-bond donors (Lipinski definition) is 4. The monoisotopic (exact) mass is 862 g/mol. The van der Waals surface area contributed by atoms with Crippen LogP contribution in [0.5, 0.6) is 0 Å². The van der Waals surface area contributed by atoms with Crippen LogP contribution in [0.1, 0.15) is 67.9 Å². The first-order chi connectivity index (χ1) is 31.1. The number of carbonyl (C=O) groups excluding carboxylic acids is 4. The van der Waals surface area contributed by atoms with Crippen molar-refractivity contribution in [3.05, 3.63) is 120 Å². The van der Waals surface area contributed by atoms with Crippen molar-refractivity contribution in [2.45, 2.75) is 62.9 Å². The number of imidazole rings is 2. The highest BCUT2D eigenvalue weighted by molar-refractivity contribution is 6.06. The van der Waals surface area contributed by atoms with Crippen LogP contribution in [-0.2, 0) is 23.8 Å². The molecule has 0 bridgehead atoms. The van der Waals surface area contributed by atoms with Gasteiger partial charge < -0.3 is 44.6 Å². The number of H-pyrrole nitrogens is 2. The Morgan fingerprint density at radius 3 is 2.00 bits per heavy atom. The number of alkyl carbamates (subject to hydrolysis) is 2. The zero-order valence-electron chi connectivity index (χ0n) is 36.1. The molecular weight excluding hydrogens is 813 g/mol. The highest BCUT2D eigenvalue weighted by Crippen LogP contribution is 2.37. The highest BCUT2D eigenvalue weighted by atomic mass is 16.5. The maximum atomic E-state index is 14.0. The second-order valence-electron chi connectivity index (χ2n) is 16.4. The molecule has 15 heteroatoms. The van der Waals surface area contributed by atoms with Gasteiger partial charge >= 0.3 is 12.2 Å². The van der Waals surface area contributed by atoms with Gasteiger partial charge in [-0.2, -0.15) is 0 Å². The Bertz CT molecular complexity index is 2880. The molecule has 2 fully saturated rings. The summed E-state index contributed by atoms with van der Waals surface area (Å²) in [7, 11) is 4.05. The van der Waals surface area contributed by atoms with Gasteiger partial charge in [0.15, 0.2) is 0 Å². The summed E-state index contributed by atoms with van der Waals surface area (Å²) in [5.74, 6) is 0.949. The molecule has 2 aliphatic heterocycles. The number of nitrogens with one attached hydrogen (secondary N) is 4. The van der Waals surface area contributed by atoms with E-state index >= 15 is 0 Å². The van der Waals surface area contributed by atoms with Crippen molar-refractivity contribution in [3.63, 3.8) is 0 Å². The molecule has 0 spiro atoms. The summed E-state index contributed by atoms with van der Waals surface area (Å²) < 4.78 is 15.1. The van der Waals surface area contributed by atoms with Crippen molar-refractivity contribution in [2.24, 2.45) is 0 Å². The lowest BCUT2D eigenvalue weighted by Gasteiger charge is -2.30. The lowest BCUT2D eigenvalue weighted by Crippen LogP contribution is -2.54. The Morgan fingerprint density at radius 1 is 0.688 bits per heavy atom. The minimum Gasteiger partial charge on any atom is -0.453 e. The molecule has 0 saturated carbocycles. The highest BCUT2D eigenvalue weighted by Gasteiger charge is 2.39. The Labute approximate surface area is 369 Å². The van der Waals surface area contributed by atoms with Gasteiger partial charge in [0.25, 0.3) is 5.91 Å². The van der Waals surface area contributed by atoms with Gasteiger partial charge in [-0.25, -0.2) is 19.6 Å². The predicted octanol–water partition coefficient (Wildman–Crippen LogP) is 8.11. The number of methoxy groups -OCH3 is 3. The SMILES string of the molecule is COC(=O)N[C@H](C(=O)N1CCC[C@H]1c1nc2c(ccc3cc(-c4ccc5cc(-c6cnc([C@@H]7CCCN7C(=O)[C@H](NC(=O)OC)c7ccccc7)[nH]6)ccc5c4)ccc32)[nH]1)[C@@H](C)OC. The summed E-state index contributed by atoms with van der Waals surface area (Å²) in [4.78, 5) is 72.5. The molecular formula is C49H50N8O7. The molecule has 64 heavy (non-hydrogen) atoms. The molecule has 4 heterocycles. The number of aromatic amines is 2. The summed E-state index contributed by atoms with van der Waals surface area (Å²) in [5.41, 5.74) is 6.37. The van der Waals surface area contributed by atoms with Gasteiger partial charge in [-0.1, -0.05) is 72.8 Å². The number of amides is 4. The van der Waals surface area contributed by atoms with Crippen LogP contribution in [0.15, 0.2) is 103 Å². The Morgan fingerprint density at radius 2 is 1.30 bits per heavy atom. The minimum absolute atomic E-state index is 0.214. The van der Waals surface area contributed by atoms with Crippen LogP contribution in [0, 0.1) is 0 Å². The summed E-state index contributed by atoms with van der Waals surface area (Å²) in [6.45, 7) is 2.83. The molecule has 0 aliphatic carbocycles. The third kappa shape index (κ3) is 8.10. The van der Waals surface area contributed by atoms with Gasteiger partial charge in [-0.3, -0.25) is 9.59 Å². The van der Waals surface area contributed by atoms with E-state index < -0.39 is 30.4 Å². The number of aromatic nitrogens is 4. The molecule has 328 valence electrons. The van der Waals surface area contributed by atoms with Gasteiger partial charge in [0.2, 0.25) is 5.91 Å². The lowest BCUT2D eigenvalue weighted by atomic mass is 9.97. The molecule has 5 atom stereocenters. The number of carbonyl (C=O) groups is 4. The number of nitrogens with zero attached hydrogens (tertiary/aromatic N) is 4. The van der Waals surface area contributed by atoms with E-state index in [4.69, 9.17) is 24.2 Å². The summed E-state index contributed by atoms with van der Waals surface area (Å²) >= 11 is 0. The van der Waals surface area contributed by atoms with Crippen LogP contribution < -0.4 is 10.6 Å². The molecule has 2 saturated heterocycles. The number of fused-ring (bicyclic) bond motifs is 4. The summed E-state index contributed by atoms with van der Waals surface area (Å²) in [5, 5.41) is 9.58. The second kappa shape index (κ2) is 17.8. The first kappa shape index (κ1) is 42.1. The molecule has 0 unspecified atom stereocenters. The average molecular weight is 863 g/mol. The zero-order valence-corrected chi connectivity index (χ0v) is 36.1. The Balaban J connectivity index is 0.923. The van der Waals surface area contributed by atoms with Crippen LogP contribution in [0.2, 0.25) is 0 Å². The van der Waals surface area contributed by atoms with Crippen LogP contribution in [-0.4, -0.2) is 100 Å². The third-order valence-corrected chi connectivity index (χ3v) is 12.7. The van der Waals surface area contributed by atoms with Crippen LogP contribution in [0.4, 0.5) is 9.59 Å². The van der Waals surface area contributed by atoms with Crippen molar-refractivity contribution < 1.29 is 33.4 Å². The number of ether oxygens (including phenoxy) is 3. The quantitative estimate of drug-likeness (QED) is 0.0998. The number of benzene rings is 5. The third-order valence-electron chi connectivity index (χ3n) is 12.7. The van der Waals surface area contributed by atoms with Crippen molar-refractivity contribution in [3.8, 4) is 22.4 Å². The van der Waals surface area contributed by atoms with E-state index in [1.807, 2.05) is 42.6 Å². The molecule has 2 aliphatic rings. The zero-order chi connectivity index (χ0) is 44.5. The Kier molecular flexibility index (Phi) is 11.7. The lowest BCUT2D eigenvalue weighted by molar-refractivity contribution is -0.137. The van der Waals surface area contributed by atoms with E-state index in [-0.39, 0.29) is 23.9 Å². The standard InChI is InChI=1S/C49H50N8O7/c1-28(62-2)41(54-48(60)63-3)46(58)57-23-9-13-40(57)45-51-37-21-19-34-25-33(18-20-36(34)43(37)53-45)30-14-15-32-26-35(17-16-31(32)24-30)38-27-50-44(52-38)39-12-8-22-56(39)47(59)42(55-49(61)64-4)29-10-6-5-7-11-29/h5-7,10-11,14-21,24-28,39-42H,8-9,12-13,22-23H2,1-4H3,(H,50,52)(H,51,53)(H,54,60)(H,55,61)/t28-,39+,40+,41+,42-/m1/s1. The maximum Gasteiger partial charge on any atom is 0.407 e. The molecule has 9 rings (SSSR count). The maximum absolute atomic E-state index is 14.0.